The highest BCUT2D eigenvalue weighted by Gasteiger charge is 2.13. The van der Waals surface area contributed by atoms with Crippen LogP contribution < -0.4 is 5.73 Å². The van der Waals surface area contributed by atoms with E-state index in [0.29, 0.717) is 21.7 Å². The summed E-state index contributed by atoms with van der Waals surface area (Å²) in [5.74, 6) is 1.61. The average molecular weight is 369 g/mol. The van der Waals surface area contributed by atoms with Crippen LogP contribution in [0.2, 0.25) is 5.02 Å². The van der Waals surface area contributed by atoms with Gasteiger partial charge in [0.2, 0.25) is 11.1 Å². The van der Waals surface area contributed by atoms with Gasteiger partial charge in [0.1, 0.15) is 6.33 Å². The number of aromatic nitrogens is 5. The van der Waals surface area contributed by atoms with Crippen molar-refractivity contribution in [1.29, 1.82) is 0 Å². The minimum Gasteiger partial charge on any atom is -0.368 e. The lowest BCUT2D eigenvalue weighted by Gasteiger charge is -2.04. The van der Waals surface area contributed by atoms with Gasteiger partial charge < -0.3 is 5.73 Å². The fourth-order valence-electron chi connectivity index (χ4n) is 2.46. The zero-order valence-electron chi connectivity index (χ0n) is 13.0. The van der Waals surface area contributed by atoms with Crippen LogP contribution in [0.4, 0.5) is 5.95 Å². The molecule has 4 aromatic rings. The van der Waals surface area contributed by atoms with Crippen molar-refractivity contribution < 1.29 is 0 Å². The van der Waals surface area contributed by atoms with Gasteiger partial charge in [0.25, 0.3) is 0 Å². The Balaban J connectivity index is 1.64. The molecule has 2 N–H and O–H groups in total. The van der Waals surface area contributed by atoms with Gasteiger partial charge in [-0.3, -0.25) is 0 Å². The Kier molecular flexibility index (Phi) is 4.25. The van der Waals surface area contributed by atoms with Crippen LogP contribution in [0.25, 0.3) is 16.7 Å². The van der Waals surface area contributed by atoms with E-state index < -0.39 is 0 Å². The third kappa shape index (κ3) is 3.29. The lowest BCUT2D eigenvalue weighted by Crippen LogP contribution is -2.05. The summed E-state index contributed by atoms with van der Waals surface area (Å²) in [6, 6.07) is 15.4. The number of anilines is 1. The fraction of sp³-hybridized carbons (Fsp3) is 0.0588. The van der Waals surface area contributed by atoms with E-state index in [-0.39, 0.29) is 5.95 Å². The van der Waals surface area contributed by atoms with Crippen LogP contribution in [0.5, 0.6) is 0 Å². The SMILES string of the molecule is Nc1nc(SCc2cccc(Cl)c2)nn1-c1ncnc2ccccc12. The van der Waals surface area contributed by atoms with Crippen LogP contribution in [-0.4, -0.2) is 24.7 Å². The maximum absolute atomic E-state index is 6.05. The van der Waals surface area contributed by atoms with Gasteiger partial charge in [-0.2, -0.15) is 9.67 Å². The molecule has 6 nitrogen and oxygen atoms in total. The molecule has 0 amide bonds. The minimum absolute atomic E-state index is 0.289. The van der Waals surface area contributed by atoms with Crippen molar-refractivity contribution >= 4 is 40.2 Å². The maximum atomic E-state index is 6.05. The van der Waals surface area contributed by atoms with Gasteiger partial charge in [-0.05, 0) is 29.8 Å². The highest BCUT2D eigenvalue weighted by atomic mass is 35.5. The standard InChI is InChI=1S/C17H13ClN6S/c18-12-5-3-4-11(8-12)9-25-17-22-16(19)24(23-17)15-13-6-1-2-7-14(13)20-10-21-15/h1-8,10H,9H2,(H2,19,22,23). The van der Waals surface area contributed by atoms with Crippen LogP contribution in [0.3, 0.4) is 0 Å². The van der Waals surface area contributed by atoms with Crippen LogP contribution in [0, 0.1) is 0 Å². The molecule has 0 unspecified atom stereocenters. The Morgan fingerprint density at radius 1 is 1.08 bits per heavy atom. The first-order valence-electron chi connectivity index (χ1n) is 7.50. The van der Waals surface area contributed by atoms with E-state index in [1.807, 2.05) is 48.5 Å². The monoisotopic (exact) mass is 368 g/mol. The lowest BCUT2D eigenvalue weighted by molar-refractivity contribution is 0.819. The molecular formula is C17H13ClN6S. The highest BCUT2D eigenvalue weighted by Crippen LogP contribution is 2.25. The third-order valence-electron chi connectivity index (χ3n) is 3.59. The largest absolute Gasteiger partial charge is 0.368 e. The number of benzene rings is 2. The molecule has 0 spiro atoms. The predicted octanol–water partition coefficient (Wildman–Crippen LogP) is 3.74. The molecule has 0 saturated carbocycles. The topological polar surface area (TPSA) is 82.5 Å². The molecule has 25 heavy (non-hydrogen) atoms. The van der Waals surface area contributed by atoms with Crippen LogP contribution in [-0.2, 0) is 5.75 Å². The van der Waals surface area contributed by atoms with Gasteiger partial charge in [-0.1, -0.05) is 47.6 Å². The molecule has 0 atom stereocenters. The summed E-state index contributed by atoms with van der Waals surface area (Å²) in [7, 11) is 0. The number of fused-ring (bicyclic) bond motifs is 1. The van der Waals surface area contributed by atoms with E-state index >= 15 is 0 Å². The molecule has 0 aliphatic rings. The summed E-state index contributed by atoms with van der Waals surface area (Å²) in [5.41, 5.74) is 7.98. The number of thioether (sulfide) groups is 1. The Labute approximate surface area is 153 Å². The van der Waals surface area contributed by atoms with Crippen molar-refractivity contribution in [2.24, 2.45) is 0 Å². The van der Waals surface area contributed by atoms with E-state index in [9.17, 15) is 0 Å². The molecule has 2 aromatic carbocycles. The second kappa shape index (κ2) is 6.70. The zero-order valence-corrected chi connectivity index (χ0v) is 14.6. The minimum atomic E-state index is 0.289. The summed E-state index contributed by atoms with van der Waals surface area (Å²) >= 11 is 7.50. The lowest BCUT2D eigenvalue weighted by atomic mass is 10.2. The maximum Gasteiger partial charge on any atom is 0.225 e. The van der Waals surface area contributed by atoms with Crippen molar-refractivity contribution in [1.82, 2.24) is 24.7 Å². The molecule has 0 aliphatic heterocycles. The second-order valence-corrected chi connectivity index (χ2v) is 6.68. The first-order chi connectivity index (χ1) is 12.2. The smallest absolute Gasteiger partial charge is 0.225 e. The quantitative estimate of drug-likeness (QED) is 0.552. The number of hydrogen-bond acceptors (Lipinski definition) is 6. The number of hydrogen-bond donors (Lipinski definition) is 1. The van der Waals surface area contributed by atoms with Gasteiger partial charge in [0, 0.05) is 16.2 Å². The van der Waals surface area contributed by atoms with Gasteiger partial charge >= 0.3 is 0 Å². The molecule has 2 aromatic heterocycles. The predicted molar refractivity (Wildman–Crippen MR) is 99.9 cm³/mol. The first kappa shape index (κ1) is 15.9. The second-order valence-electron chi connectivity index (χ2n) is 5.30. The van der Waals surface area contributed by atoms with Gasteiger partial charge in [0.15, 0.2) is 5.82 Å². The molecule has 4 rings (SSSR count). The molecule has 8 heteroatoms. The molecule has 0 radical (unpaired) electrons. The summed E-state index contributed by atoms with van der Waals surface area (Å²) < 4.78 is 1.55. The molecule has 0 saturated heterocycles. The Morgan fingerprint density at radius 2 is 1.96 bits per heavy atom. The van der Waals surface area contributed by atoms with Crippen molar-refractivity contribution in [3.63, 3.8) is 0 Å². The number of halogens is 1. The number of nitrogens with two attached hydrogens (primary N) is 1. The summed E-state index contributed by atoms with van der Waals surface area (Å²) in [6.45, 7) is 0. The highest BCUT2D eigenvalue weighted by molar-refractivity contribution is 7.98. The van der Waals surface area contributed by atoms with E-state index in [0.717, 1.165) is 16.5 Å². The van der Waals surface area contributed by atoms with Gasteiger partial charge in [0.05, 0.1) is 5.52 Å². The molecule has 0 bridgehead atoms. The van der Waals surface area contributed by atoms with Crippen molar-refractivity contribution in [2.75, 3.05) is 5.73 Å². The molecule has 0 aliphatic carbocycles. The summed E-state index contributed by atoms with van der Waals surface area (Å²) in [4.78, 5) is 12.9. The van der Waals surface area contributed by atoms with E-state index in [1.54, 1.807) is 4.68 Å². The number of nitrogens with zero attached hydrogens (tertiary/aromatic N) is 5. The summed E-state index contributed by atoms with van der Waals surface area (Å²) in [6.07, 6.45) is 1.50. The normalized spacial score (nSPS) is 11.1. The molecule has 124 valence electrons. The van der Waals surface area contributed by atoms with Gasteiger partial charge in [-0.15, -0.1) is 5.10 Å². The van der Waals surface area contributed by atoms with E-state index in [4.69, 9.17) is 17.3 Å². The van der Waals surface area contributed by atoms with Crippen molar-refractivity contribution in [2.45, 2.75) is 10.9 Å². The third-order valence-corrected chi connectivity index (χ3v) is 4.74. The van der Waals surface area contributed by atoms with Crippen molar-refractivity contribution in [3.05, 3.63) is 65.4 Å². The van der Waals surface area contributed by atoms with Crippen LogP contribution in [0.1, 0.15) is 5.56 Å². The Bertz CT molecular complexity index is 1040. The average Bonchev–Trinajstić information content (AvgIpc) is 3.00. The number of nitrogen functional groups attached to an aromatic ring is 1. The van der Waals surface area contributed by atoms with Crippen LogP contribution >= 0.6 is 23.4 Å². The van der Waals surface area contributed by atoms with Crippen molar-refractivity contribution in [3.8, 4) is 5.82 Å². The Morgan fingerprint density at radius 3 is 2.84 bits per heavy atom. The van der Waals surface area contributed by atoms with E-state index in [1.165, 1.54) is 18.1 Å². The fourth-order valence-corrected chi connectivity index (χ4v) is 3.44. The zero-order chi connectivity index (χ0) is 17.2. The number of para-hydroxylation sites is 1. The summed E-state index contributed by atoms with van der Waals surface area (Å²) in [5, 5.41) is 6.65. The van der Waals surface area contributed by atoms with Crippen LogP contribution in [0.15, 0.2) is 60.0 Å². The first-order valence-corrected chi connectivity index (χ1v) is 8.87. The molecule has 0 fully saturated rings. The Hall–Kier alpha value is -2.64. The molecule has 2 heterocycles. The molecular weight excluding hydrogens is 356 g/mol. The number of rotatable bonds is 4. The van der Waals surface area contributed by atoms with E-state index in [2.05, 4.69) is 20.1 Å². The van der Waals surface area contributed by atoms with Gasteiger partial charge in [-0.25, -0.2) is 9.97 Å².